The fourth-order valence-electron chi connectivity index (χ4n) is 1.30. The van der Waals surface area contributed by atoms with Gasteiger partial charge in [0.1, 0.15) is 0 Å². The van der Waals surface area contributed by atoms with Crippen LogP contribution in [0.1, 0.15) is 12.6 Å². The van der Waals surface area contributed by atoms with Crippen LogP contribution in [0.2, 0.25) is 0 Å². The normalized spacial score (nSPS) is 10.6. The quantitative estimate of drug-likeness (QED) is 0.758. The highest BCUT2D eigenvalue weighted by molar-refractivity contribution is 7.63. The number of nitrogens with zero attached hydrogens (tertiary/aromatic N) is 3. The molecule has 16 heavy (non-hydrogen) atoms. The maximum absolute atomic E-state index is 10.8. The van der Waals surface area contributed by atoms with E-state index in [4.69, 9.17) is 4.74 Å². The van der Waals surface area contributed by atoms with Crippen LogP contribution < -0.4 is 4.74 Å². The van der Waals surface area contributed by atoms with Crippen molar-refractivity contribution in [2.45, 2.75) is 13.8 Å². The van der Waals surface area contributed by atoms with Crippen molar-refractivity contribution in [3.8, 4) is 6.01 Å². The first-order valence-electron chi connectivity index (χ1n) is 4.63. The first-order valence-corrected chi connectivity index (χ1v) is 5.70. The van der Waals surface area contributed by atoms with Crippen LogP contribution in [-0.4, -0.2) is 34.6 Å². The van der Waals surface area contributed by atoms with Crippen molar-refractivity contribution >= 4 is 15.9 Å². The number of aromatic nitrogens is 4. The topological polar surface area (TPSA) is 89.3 Å². The summed E-state index contributed by atoms with van der Waals surface area (Å²) in [6.07, 6.45) is 0. The third kappa shape index (κ3) is 1.78. The van der Waals surface area contributed by atoms with E-state index in [-0.39, 0.29) is 4.77 Å². The smallest absolute Gasteiger partial charge is 0.317 e. The van der Waals surface area contributed by atoms with E-state index in [0.717, 1.165) is 0 Å². The average Bonchev–Trinajstić information content (AvgIpc) is 2.61. The third-order valence-electron chi connectivity index (χ3n) is 1.89. The van der Waals surface area contributed by atoms with Gasteiger partial charge in [-0.3, -0.25) is 5.10 Å². The van der Waals surface area contributed by atoms with Crippen LogP contribution >= 0.6 is 0 Å². The molecule has 0 radical (unpaired) electrons. The van der Waals surface area contributed by atoms with Crippen LogP contribution in [0.25, 0.3) is 5.65 Å². The summed E-state index contributed by atoms with van der Waals surface area (Å²) in [5.74, 6) is 0. The highest BCUT2D eigenvalue weighted by atomic mass is 32.2. The van der Waals surface area contributed by atoms with Crippen LogP contribution in [0, 0.1) is 11.7 Å². The number of fused-ring (bicyclic) bond motifs is 1. The van der Waals surface area contributed by atoms with Crippen molar-refractivity contribution in [1.82, 2.24) is 19.6 Å². The second-order valence-electron chi connectivity index (χ2n) is 3.07. The number of aromatic amines is 1. The number of hydrogen-bond donors (Lipinski definition) is 1. The summed E-state index contributed by atoms with van der Waals surface area (Å²) < 4.78 is 28.0. The Morgan fingerprint density at radius 2 is 2.25 bits per heavy atom. The Balaban J connectivity index is 2.86. The van der Waals surface area contributed by atoms with Gasteiger partial charge < -0.3 is 4.74 Å². The number of rotatable bonds is 2. The lowest BCUT2D eigenvalue weighted by molar-refractivity contribution is 0.302. The van der Waals surface area contributed by atoms with Crippen LogP contribution in [0.3, 0.4) is 0 Å². The molecule has 0 amide bonds. The second kappa shape index (κ2) is 3.97. The Morgan fingerprint density at radius 1 is 1.50 bits per heavy atom. The number of hydrogen-bond acceptors (Lipinski definition) is 5. The molecule has 0 unspecified atom stereocenters. The van der Waals surface area contributed by atoms with Gasteiger partial charge in [-0.1, -0.05) is 0 Å². The minimum Gasteiger partial charge on any atom is -0.464 e. The van der Waals surface area contributed by atoms with Gasteiger partial charge in [-0.2, -0.15) is 17.9 Å². The van der Waals surface area contributed by atoms with Crippen molar-refractivity contribution < 1.29 is 13.2 Å². The number of H-pyrrole nitrogens is 1. The van der Waals surface area contributed by atoms with Crippen LogP contribution in [-0.2, 0) is 10.3 Å². The van der Waals surface area contributed by atoms with E-state index in [2.05, 4.69) is 15.1 Å². The fourth-order valence-corrected chi connectivity index (χ4v) is 1.63. The SMILES string of the molecule is CCOc1nc(C)cc2nc(=S(=O)=O)[nH]n12. The van der Waals surface area contributed by atoms with Gasteiger partial charge in [0, 0.05) is 11.8 Å². The van der Waals surface area contributed by atoms with E-state index in [1.165, 1.54) is 4.52 Å². The van der Waals surface area contributed by atoms with Gasteiger partial charge >= 0.3 is 6.01 Å². The van der Waals surface area contributed by atoms with Crippen molar-refractivity contribution in [2.24, 2.45) is 0 Å². The Hall–Kier alpha value is -1.83. The van der Waals surface area contributed by atoms with Gasteiger partial charge in [0.15, 0.2) is 5.65 Å². The summed E-state index contributed by atoms with van der Waals surface area (Å²) >= 11 is 0. The molecule has 0 fully saturated rings. The summed E-state index contributed by atoms with van der Waals surface area (Å²) in [5.41, 5.74) is 1.16. The molecule has 2 rings (SSSR count). The third-order valence-corrected chi connectivity index (χ3v) is 2.38. The Morgan fingerprint density at radius 3 is 2.88 bits per heavy atom. The van der Waals surface area contributed by atoms with Crippen molar-refractivity contribution in [3.63, 3.8) is 0 Å². The van der Waals surface area contributed by atoms with Crippen molar-refractivity contribution in [2.75, 3.05) is 6.61 Å². The molecule has 0 bridgehead atoms. The highest BCUT2D eigenvalue weighted by Crippen LogP contribution is 2.10. The standard InChI is InChI=1S/C8H10N4O3S/c1-3-15-8-9-5(2)4-6-10-7(16(13)14)11-12(6)8/h4,11H,3H2,1-2H3. The maximum Gasteiger partial charge on any atom is 0.317 e. The summed E-state index contributed by atoms with van der Waals surface area (Å²) in [4.78, 5) is 8.02. The first-order chi connectivity index (χ1) is 7.61. The van der Waals surface area contributed by atoms with Crippen LogP contribution in [0.15, 0.2) is 6.07 Å². The average molecular weight is 242 g/mol. The molecule has 0 aromatic carbocycles. The monoisotopic (exact) mass is 242 g/mol. The van der Waals surface area contributed by atoms with Gasteiger partial charge in [0.2, 0.25) is 0 Å². The predicted octanol–water partition coefficient (Wildman–Crippen LogP) is 0.176. The van der Waals surface area contributed by atoms with E-state index in [1.54, 1.807) is 13.0 Å². The Kier molecular flexibility index (Phi) is 2.65. The molecule has 7 nitrogen and oxygen atoms in total. The van der Waals surface area contributed by atoms with E-state index >= 15 is 0 Å². The Labute approximate surface area is 92.2 Å². The number of ether oxygens (including phenoxy) is 1. The molecule has 0 saturated carbocycles. The second-order valence-corrected chi connectivity index (χ2v) is 3.93. The number of nitrogens with one attached hydrogen (secondary N) is 1. The van der Waals surface area contributed by atoms with E-state index in [0.29, 0.717) is 24.0 Å². The lowest BCUT2D eigenvalue weighted by atomic mass is 10.4. The maximum atomic E-state index is 10.8. The van der Waals surface area contributed by atoms with Gasteiger partial charge in [-0.05, 0) is 13.8 Å². The predicted molar refractivity (Wildman–Crippen MR) is 55.4 cm³/mol. The number of aryl methyl sites for hydroxylation is 1. The lowest BCUT2D eigenvalue weighted by Crippen LogP contribution is -2.03. The highest BCUT2D eigenvalue weighted by Gasteiger charge is 2.06. The molecule has 0 spiro atoms. The fraction of sp³-hybridized carbons (Fsp3) is 0.375. The summed E-state index contributed by atoms with van der Waals surface area (Å²) in [6.45, 7) is 4.04. The zero-order chi connectivity index (χ0) is 11.7. The molecule has 86 valence electrons. The molecule has 0 aliphatic carbocycles. The van der Waals surface area contributed by atoms with Crippen molar-refractivity contribution in [3.05, 3.63) is 16.5 Å². The van der Waals surface area contributed by atoms with Gasteiger partial charge in [-0.15, -0.1) is 0 Å². The minimum atomic E-state index is -2.40. The van der Waals surface area contributed by atoms with Crippen LogP contribution in [0.5, 0.6) is 6.01 Å². The zero-order valence-electron chi connectivity index (χ0n) is 8.76. The molecule has 2 aromatic rings. The first kappa shape index (κ1) is 10.7. The molecular formula is C8H10N4O3S. The zero-order valence-corrected chi connectivity index (χ0v) is 9.58. The molecular weight excluding hydrogens is 232 g/mol. The largest absolute Gasteiger partial charge is 0.464 e. The summed E-state index contributed by atoms with van der Waals surface area (Å²) in [7, 11) is -2.40. The van der Waals surface area contributed by atoms with Gasteiger partial charge in [-0.25, -0.2) is 4.98 Å². The van der Waals surface area contributed by atoms with Crippen molar-refractivity contribution in [1.29, 1.82) is 0 Å². The lowest BCUT2D eigenvalue weighted by Gasteiger charge is -2.04. The molecule has 2 heterocycles. The Bertz CT molecular complexity index is 690. The summed E-state index contributed by atoms with van der Waals surface area (Å²) in [6, 6.07) is 1.96. The van der Waals surface area contributed by atoms with Crippen LogP contribution in [0.4, 0.5) is 0 Å². The molecule has 2 aromatic heterocycles. The van der Waals surface area contributed by atoms with Gasteiger partial charge in [0.05, 0.1) is 6.61 Å². The van der Waals surface area contributed by atoms with E-state index in [9.17, 15) is 8.42 Å². The molecule has 0 aliphatic heterocycles. The molecule has 0 saturated heterocycles. The molecule has 8 heteroatoms. The van der Waals surface area contributed by atoms with E-state index < -0.39 is 10.3 Å². The minimum absolute atomic E-state index is 0.145. The molecule has 1 N–H and O–H groups in total. The van der Waals surface area contributed by atoms with Gasteiger partial charge in [0.25, 0.3) is 15.1 Å². The molecule has 0 aliphatic rings. The molecule has 0 atom stereocenters. The van der Waals surface area contributed by atoms with E-state index in [1.807, 2.05) is 6.92 Å². The summed E-state index contributed by atoms with van der Waals surface area (Å²) in [5, 5.41) is 2.58.